The van der Waals surface area contributed by atoms with E-state index in [1.54, 1.807) is 30.3 Å². The molecule has 6 heteroatoms. The van der Waals surface area contributed by atoms with Crippen LogP contribution in [0.2, 0.25) is 0 Å². The Labute approximate surface area is 109 Å². The van der Waals surface area contributed by atoms with Crippen LogP contribution >= 0.6 is 0 Å². The van der Waals surface area contributed by atoms with E-state index in [0.717, 1.165) is 6.08 Å². The van der Waals surface area contributed by atoms with Crippen LogP contribution in [0.5, 0.6) is 0 Å². The number of aliphatic carboxylic acids is 1. The topological polar surface area (TPSA) is 95.5 Å². The van der Waals surface area contributed by atoms with E-state index in [1.807, 2.05) is 0 Å². The second-order valence-electron chi connectivity index (χ2n) is 3.53. The van der Waals surface area contributed by atoms with Gasteiger partial charge >= 0.3 is 5.97 Å². The SMILES string of the molecule is COC(=O)[C@@H](NC(=O)C=CC(=O)[O-])c1ccccc1. The minimum Gasteiger partial charge on any atom is -0.545 e. The van der Waals surface area contributed by atoms with Crippen molar-refractivity contribution >= 4 is 17.8 Å². The summed E-state index contributed by atoms with van der Waals surface area (Å²) >= 11 is 0. The highest BCUT2D eigenvalue weighted by Gasteiger charge is 2.22. The maximum absolute atomic E-state index is 11.6. The highest BCUT2D eigenvalue weighted by Crippen LogP contribution is 2.13. The molecule has 6 nitrogen and oxygen atoms in total. The van der Waals surface area contributed by atoms with Crippen LogP contribution in [0.25, 0.3) is 0 Å². The van der Waals surface area contributed by atoms with Crippen LogP contribution < -0.4 is 10.4 Å². The van der Waals surface area contributed by atoms with Gasteiger partial charge in [0.25, 0.3) is 0 Å². The van der Waals surface area contributed by atoms with Gasteiger partial charge in [-0.3, -0.25) is 4.79 Å². The summed E-state index contributed by atoms with van der Waals surface area (Å²) in [6, 6.07) is 7.46. The van der Waals surface area contributed by atoms with Gasteiger partial charge in [0.2, 0.25) is 5.91 Å². The summed E-state index contributed by atoms with van der Waals surface area (Å²) in [5.74, 6) is -2.88. The van der Waals surface area contributed by atoms with Gasteiger partial charge in [-0.05, 0) is 11.6 Å². The van der Waals surface area contributed by atoms with Gasteiger partial charge in [0, 0.05) is 6.08 Å². The van der Waals surface area contributed by atoms with Crippen molar-refractivity contribution in [3.63, 3.8) is 0 Å². The molecule has 1 atom stereocenters. The Hall–Kier alpha value is -2.63. The van der Waals surface area contributed by atoms with E-state index in [-0.39, 0.29) is 0 Å². The highest BCUT2D eigenvalue weighted by atomic mass is 16.5. The molecule has 100 valence electrons. The number of carbonyl (C=O) groups is 3. The number of benzene rings is 1. The number of amides is 1. The highest BCUT2D eigenvalue weighted by molar-refractivity contribution is 5.95. The molecule has 19 heavy (non-hydrogen) atoms. The van der Waals surface area contributed by atoms with Crippen LogP contribution in [0.4, 0.5) is 0 Å². The van der Waals surface area contributed by atoms with Crippen molar-refractivity contribution in [3.8, 4) is 0 Å². The van der Waals surface area contributed by atoms with Crippen LogP contribution in [0.1, 0.15) is 11.6 Å². The van der Waals surface area contributed by atoms with Crippen LogP contribution in [-0.4, -0.2) is 25.0 Å². The summed E-state index contributed by atoms with van der Waals surface area (Å²) in [4.78, 5) is 33.2. The number of hydrogen-bond donors (Lipinski definition) is 1. The first-order chi connectivity index (χ1) is 9.04. The fourth-order valence-electron chi connectivity index (χ4n) is 1.38. The molecule has 0 saturated carbocycles. The first kappa shape index (κ1) is 14.4. The minimum absolute atomic E-state index is 0.532. The van der Waals surface area contributed by atoms with Crippen molar-refractivity contribution < 1.29 is 24.2 Å². The molecule has 0 aliphatic rings. The van der Waals surface area contributed by atoms with E-state index in [2.05, 4.69) is 10.1 Å². The molecule has 1 amide bonds. The Bertz CT molecular complexity index is 495. The van der Waals surface area contributed by atoms with Crippen LogP contribution in [0.15, 0.2) is 42.5 Å². The summed E-state index contributed by atoms with van der Waals surface area (Å²) in [7, 11) is 1.20. The summed E-state index contributed by atoms with van der Waals surface area (Å²) in [6.45, 7) is 0. The Morgan fingerprint density at radius 1 is 1.21 bits per heavy atom. The molecule has 0 unspecified atom stereocenters. The van der Waals surface area contributed by atoms with Gasteiger partial charge < -0.3 is 20.0 Å². The first-order valence-corrected chi connectivity index (χ1v) is 5.37. The van der Waals surface area contributed by atoms with Gasteiger partial charge in [0.05, 0.1) is 13.1 Å². The Morgan fingerprint density at radius 2 is 1.84 bits per heavy atom. The summed E-state index contributed by atoms with van der Waals surface area (Å²) in [5, 5.41) is 12.5. The minimum atomic E-state index is -1.50. The number of carboxylic acids is 1. The largest absolute Gasteiger partial charge is 0.545 e. The zero-order valence-corrected chi connectivity index (χ0v) is 10.2. The van der Waals surface area contributed by atoms with Crippen molar-refractivity contribution in [2.45, 2.75) is 6.04 Å². The number of hydrogen-bond acceptors (Lipinski definition) is 5. The van der Waals surface area contributed by atoms with Crippen LogP contribution in [0.3, 0.4) is 0 Å². The summed E-state index contributed by atoms with van der Waals surface area (Å²) in [6.07, 6.45) is 1.35. The average Bonchev–Trinajstić information content (AvgIpc) is 2.42. The molecule has 1 aromatic rings. The summed E-state index contributed by atoms with van der Waals surface area (Å²) in [5.41, 5.74) is 0.532. The van der Waals surface area contributed by atoms with Crippen molar-refractivity contribution in [2.75, 3.05) is 7.11 Å². The maximum Gasteiger partial charge on any atom is 0.333 e. The molecule has 0 bridgehead atoms. The predicted octanol–water partition coefficient (Wildman–Crippen LogP) is -0.677. The molecule has 1 aromatic carbocycles. The van der Waals surface area contributed by atoms with Crippen molar-refractivity contribution in [3.05, 3.63) is 48.0 Å². The second-order valence-corrected chi connectivity index (χ2v) is 3.53. The van der Waals surface area contributed by atoms with E-state index < -0.39 is 23.9 Å². The quantitative estimate of drug-likeness (QED) is 0.560. The van der Waals surface area contributed by atoms with Crippen molar-refractivity contribution in [1.82, 2.24) is 5.32 Å². The molecule has 1 N–H and O–H groups in total. The number of carboxylic acid groups (broad SMARTS) is 1. The molecule has 0 radical (unpaired) electrons. The standard InChI is InChI=1S/C13H13NO5/c1-19-13(18)12(9-5-3-2-4-6-9)14-10(15)7-8-11(16)17/h2-8,12H,1H3,(H,14,15)(H,16,17)/p-1/t12-/m0/s1. The molecule has 0 aliphatic carbocycles. The van der Waals surface area contributed by atoms with Gasteiger partial charge in [-0.1, -0.05) is 30.3 Å². The maximum atomic E-state index is 11.6. The normalized spacial score (nSPS) is 11.8. The molecule has 0 heterocycles. The smallest absolute Gasteiger partial charge is 0.333 e. The Kier molecular flexibility index (Phi) is 5.28. The molecular formula is C13H12NO5-. The van der Waals surface area contributed by atoms with Crippen LogP contribution in [0, 0.1) is 0 Å². The number of esters is 1. The zero-order chi connectivity index (χ0) is 14.3. The monoisotopic (exact) mass is 262 g/mol. The van der Waals surface area contributed by atoms with E-state index in [9.17, 15) is 19.5 Å². The lowest BCUT2D eigenvalue weighted by Gasteiger charge is -2.15. The number of ether oxygens (including phenoxy) is 1. The number of carbonyl (C=O) groups excluding carboxylic acids is 3. The Balaban J connectivity index is 2.85. The average molecular weight is 262 g/mol. The third kappa shape index (κ3) is 4.63. The number of rotatable bonds is 5. The van der Waals surface area contributed by atoms with E-state index in [1.165, 1.54) is 7.11 Å². The van der Waals surface area contributed by atoms with Gasteiger partial charge in [-0.25, -0.2) is 4.79 Å². The van der Waals surface area contributed by atoms with Gasteiger partial charge in [-0.2, -0.15) is 0 Å². The number of methoxy groups -OCH3 is 1. The summed E-state index contributed by atoms with van der Waals surface area (Å²) < 4.78 is 4.59. The van der Waals surface area contributed by atoms with Crippen molar-refractivity contribution in [1.29, 1.82) is 0 Å². The fraction of sp³-hybridized carbons (Fsp3) is 0.154. The molecule has 0 saturated heterocycles. The molecule has 0 aliphatic heterocycles. The lowest BCUT2D eigenvalue weighted by Crippen LogP contribution is -2.33. The molecule has 0 spiro atoms. The number of nitrogens with one attached hydrogen (secondary N) is 1. The molecule has 1 rings (SSSR count). The molecular weight excluding hydrogens is 250 g/mol. The van der Waals surface area contributed by atoms with Crippen LogP contribution in [-0.2, 0) is 19.1 Å². The predicted molar refractivity (Wildman–Crippen MR) is 63.5 cm³/mol. The van der Waals surface area contributed by atoms with Crippen molar-refractivity contribution in [2.24, 2.45) is 0 Å². The Morgan fingerprint density at radius 3 is 2.37 bits per heavy atom. The fourth-order valence-corrected chi connectivity index (χ4v) is 1.38. The third-order valence-electron chi connectivity index (χ3n) is 2.23. The van der Waals surface area contributed by atoms with Gasteiger partial charge in [-0.15, -0.1) is 0 Å². The lowest BCUT2D eigenvalue weighted by atomic mass is 10.1. The second kappa shape index (κ2) is 6.95. The van der Waals surface area contributed by atoms with E-state index >= 15 is 0 Å². The first-order valence-electron chi connectivity index (χ1n) is 5.37. The lowest BCUT2D eigenvalue weighted by molar-refractivity contribution is -0.297. The zero-order valence-electron chi connectivity index (χ0n) is 10.2. The molecule has 0 aromatic heterocycles. The van der Waals surface area contributed by atoms with E-state index in [0.29, 0.717) is 11.6 Å². The van der Waals surface area contributed by atoms with E-state index in [4.69, 9.17) is 0 Å². The molecule has 0 fully saturated rings. The van der Waals surface area contributed by atoms with Gasteiger partial charge in [0.1, 0.15) is 0 Å². The van der Waals surface area contributed by atoms with Gasteiger partial charge in [0.15, 0.2) is 6.04 Å². The third-order valence-corrected chi connectivity index (χ3v) is 2.23.